The molecule has 0 saturated carbocycles. The van der Waals surface area contributed by atoms with Crippen molar-refractivity contribution >= 4 is 10.9 Å². The first kappa shape index (κ1) is 10.5. The normalized spacial score (nSPS) is 18.4. The Morgan fingerprint density at radius 3 is 2.65 bits per heavy atom. The fourth-order valence-electron chi connectivity index (χ4n) is 2.63. The Balaban J connectivity index is 2.26. The van der Waals surface area contributed by atoms with Crippen molar-refractivity contribution in [3.63, 3.8) is 0 Å². The standard InChI is InChI=1S/C13H16N2O2/c1-16-11-5-8-7-3-4-9(14)13(7)15-10(8)6-12(11)17-2/h5-6,9,15H,3-4,14H2,1-2H3. The first-order valence-electron chi connectivity index (χ1n) is 5.76. The molecule has 3 N–H and O–H groups in total. The van der Waals surface area contributed by atoms with Crippen LogP contribution < -0.4 is 15.2 Å². The Morgan fingerprint density at radius 1 is 1.24 bits per heavy atom. The zero-order valence-corrected chi connectivity index (χ0v) is 10.0. The van der Waals surface area contributed by atoms with E-state index in [1.54, 1.807) is 14.2 Å². The molecule has 1 aliphatic carbocycles. The maximum Gasteiger partial charge on any atom is 0.162 e. The number of H-pyrrole nitrogens is 1. The van der Waals surface area contributed by atoms with Crippen LogP contribution in [0.15, 0.2) is 12.1 Å². The predicted octanol–water partition coefficient (Wildman–Crippen LogP) is 2.13. The summed E-state index contributed by atoms with van der Waals surface area (Å²) in [6.07, 6.45) is 2.05. The maximum atomic E-state index is 6.06. The second kappa shape index (κ2) is 3.67. The van der Waals surface area contributed by atoms with Gasteiger partial charge in [0.15, 0.2) is 11.5 Å². The lowest BCUT2D eigenvalue weighted by molar-refractivity contribution is 0.356. The fourth-order valence-corrected chi connectivity index (χ4v) is 2.63. The molecule has 0 saturated heterocycles. The summed E-state index contributed by atoms with van der Waals surface area (Å²) in [7, 11) is 3.30. The Morgan fingerprint density at radius 2 is 1.94 bits per heavy atom. The lowest BCUT2D eigenvalue weighted by atomic mass is 10.1. The molecule has 0 fully saturated rings. The number of ether oxygens (including phenoxy) is 2. The van der Waals surface area contributed by atoms with Crippen molar-refractivity contribution in [1.29, 1.82) is 0 Å². The molecule has 90 valence electrons. The van der Waals surface area contributed by atoms with Crippen molar-refractivity contribution < 1.29 is 9.47 Å². The van der Waals surface area contributed by atoms with E-state index in [2.05, 4.69) is 4.98 Å². The zero-order valence-electron chi connectivity index (χ0n) is 10.0. The van der Waals surface area contributed by atoms with Crippen LogP contribution >= 0.6 is 0 Å². The molecule has 4 heteroatoms. The van der Waals surface area contributed by atoms with E-state index < -0.39 is 0 Å². The van der Waals surface area contributed by atoms with Gasteiger partial charge in [0.1, 0.15) is 0 Å². The molecule has 2 aromatic rings. The SMILES string of the molecule is COc1cc2[nH]c3c(c2cc1OC)CCC3N. The van der Waals surface area contributed by atoms with E-state index in [4.69, 9.17) is 15.2 Å². The highest BCUT2D eigenvalue weighted by atomic mass is 16.5. The van der Waals surface area contributed by atoms with Gasteiger partial charge in [-0.25, -0.2) is 0 Å². The molecule has 0 amide bonds. The number of rotatable bonds is 2. The third-order valence-corrected chi connectivity index (χ3v) is 3.52. The van der Waals surface area contributed by atoms with Gasteiger partial charge in [-0.15, -0.1) is 0 Å². The van der Waals surface area contributed by atoms with Crippen molar-refractivity contribution in [2.45, 2.75) is 18.9 Å². The van der Waals surface area contributed by atoms with Gasteiger partial charge in [-0.1, -0.05) is 0 Å². The van der Waals surface area contributed by atoms with Crippen LogP contribution in [0, 0.1) is 0 Å². The zero-order chi connectivity index (χ0) is 12.0. The molecule has 17 heavy (non-hydrogen) atoms. The first-order valence-corrected chi connectivity index (χ1v) is 5.76. The molecule has 0 bridgehead atoms. The van der Waals surface area contributed by atoms with E-state index in [1.807, 2.05) is 12.1 Å². The van der Waals surface area contributed by atoms with E-state index in [0.29, 0.717) is 0 Å². The van der Waals surface area contributed by atoms with Crippen LogP contribution in [0.25, 0.3) is 10.9 Å². The Hall–Kier alpha value is -1.68. The number of hydrogen-bond acceptors (Lipinski definition) is 3. The van der Waals surface area contributed by atoms with Crippen LogP contribution in [0.3, 0.4) is 0 Å². The Kier molecular flexibility index (Phi) is 2.26. The molecular formula is C13H16N2O2. The predicted molar refractivity (Wildman–Crippen MR) is 66.7 cm³/mol. The summed E-state index contributed by atoms with van der Waals surface area (Å²) in [4.78, 5) is 3.39. The molecule has 1 aromatic carbocycles. The van der Waals surface area contributed by atoms with Crippen LogP contribution in [0.1, 0.15) is 23.7 Å². The molecule has 1 heterocycles. The second-order valence-electron chi connectivity index (χ2n) is 4.42. The van der Waals surface area contributed by atoms with Gasteiger partial charge < -0.3 is 20.2 Å². The lowest BCUT2D eigenvalue weighted by Gasteiger charge is -2.07. The molecule has 1 atom stereocenters. The molecule has 0 radical (unpaired) electrons. The van der Waals surface area contributed by atoms with Crippen LogP contribution in [0.5, 0.6) is 11.5 Å². The summed E-state index contributed by atoms with van der Waals surface area (Å²) in [6, 6.07) is 4.13. The highest BCUT2D eigenvalue weighted by molar-refractivity contribution is 5.88. The smallest absolute Gasteiger partial charge is 0.162 e. The van der Waals surface area contributed by atoms with Crippen LogP contribution in [0.4, 0.5) is 0 Å². The van der Waals surface area contributed by atoms with Crippen LogP contribution in [0.2, 0.25) is 0 Å². The highest BCUT2D eigenvalue weighted by Gasteiger charge is 2.24. The number of methoxy groups -OCH3 is 2. The summed E-state index contributed by atoms with van der Waals surface area (Å²) in [5.41, 5.74) is 9.62. The van der Waals surface area contributed by atoms with Gasteiger partial charge in [0.05, 0.1) is 14.2 Å². The topological polar surface area (TPSA) is 60.3 Å². The third-order valence-electron chi connectivity index (χ3n) is 3.52. The average molecular weight is 232 g/mol. The molecule has 0 aliphatic heterocycles. The minimum absolute atomic E-state index is 0.134. The minimum Gasteiger partial charge on any atom is -0.493 e. The number of aromatic nitrogens is 1. The molecular weight excluding hydrogens is 216 g/mol. The van der Waals surface area contributed by atoms with Gasteiger partial charge in [-0.2, -0.15) is 0 Å². The van der Waals surface area contributed by atoms with E-state index in [0.717, 1.165) is 35.6 Å². The first-order chi connectivity index (χ1) is 8.24. The van der Waals surface area contributed by atoms with Crippen molar-refractivity contribution in [3.8, 4) is 11.5 Å². The summed E-state index contributed by atoms with van der Waals surface area (Å²) < 4.78 is 10.6. The number of aromatic amines is 1. The van der Waals surface area contributed by atoms with Gasteiger partial charge in [0.2, 0.25) is 0 Å². The lowest BCUT2D eigenvalue weighted by Crippen LogP contribution is -2.05. The van der Waals surface area contributed by atoms with Gasteiger partial charge in [0, 0.05) is 28.7 Å². The number of hydrogen-bond donors (Lipinski definition) is 2. The number of fused-ring (bicyclic) bond motifs is 3. The van der Waals surface area contributed by atoms with Crippen molar-refractivity contribution in [2.24, 2.45) is 5.73 Å². The highest BCUT2D eigenvalue weighted by Crippen LogP contribution is 2.39. The number of aryl methyl sites for hydroxylation is 1. The van der Waals surface area contributed by atoms with E-state index in [-0.39, 0.29) is 6.04 Å². The molecule has 1 aliphatic rings. The average Bonchev–Trinajstić information content (AvgIpc) is 2.87. The number of nitrogens with two attached hydrogens (primary N) is 1. The van der Waals surface area contributed by atoms with Gasteiger partial charge in [0.25, 0.3) is 0 Å². The Bertz CT molecular complexity index is 574. The molecule has 3 rings (SSSR count). The summed E-state index contributed by atoms with van der Waals surface area (Å²) in [5.74, 6) is 1.51. The largest absolute Gasteiger partial charge is 0.493 e. The molecule has 1 unspecified atom stereocenters. The number of nitrogens with one attached hydrogen (secondary N) is 1. The quantitative estimate of drug-likeness (QED) is 0.833. The van der Waals surface area contributed by atoms with Crippen molar-refractivity contribution in [2.75, 3.05) is 14.2 Å². The molecule has 4 nitrogen and oxygen atoms in total. The maximum absolute atomic E-state index is 6.06. The Labute approximate surface area is 99.7 Å². The van der Waals surface area contributed by atoms with Crippen molar-refractivity contribution in [3.05, 3.63) is 23.4 Å². The number of benzene rings is 1. The van der Waals surface area contributed by atoms with Crippen molar-refractivity contribution in [1.82, 2.24) is 4.98 Å². The second-order valence-corrected chi connectivity index (χ2v) is 4.42. The molecule has 0 spiro atoms. The summed E-state index contributed by atoms with van der Waals surface area (Å²) in [5, 5.41) is 1.20. The minimum atomic E-state index is 0.134. The van der Waals surface area contributed by atoms with E-state index in [9.17, 15) is 0 Å². The van der Waals surface area contributed by atoms with Crippen LogP contribution in [-0.2, 0) is 6.42 Å². The van der Waals surface area contributed by atoms with Gasteiger partial charge in [-0.05, 0) is 24.5 Å². The van der Waals surface area contributed by atoms with Crippen LogP contribution in [-0.4, -0.2) is 19.2 Å². The summed E-state index contributed by atoms with van der Waals surface area (Å²) >= 11 is 0. The van der Waals surface area contributed by atoms with Gasteiger partial charge >= 0.3 is 0 Å². The third kappa shape index (κ3) is 1.41. The van der Waals surface area contributed by atoms with Gasteiger partial charge in [-0.3, -0.25) is 0 Å². The monoisotopic (exact) mass is 232 g/mol. The van der Waals surface area contributed by atoms with E-state index >= 15 is 0 Å². The molecule has 1 aromatic heterocycles. The fraction of sp³-hybridized carbons (Fsp3) is 0.385. The van der Waals surface area contributed by atoms with E-state index in [1.165, 1.54) is 10.9 Å². The summed E-state index contributed by atoms with van der Waals surface area (Å²) in [6.45, 7) is 0.